The molecular weight excluding hydrogens is 278 g/mol. The smallest absolute Gasteiger partial charge is 0.229 e. The van der Waals surface area contributed by atoms with Gasteiger partial charge in [0.15, 0.2) is 9.84 Å². The summed E-state index contributed by atoms with van der Waals surface area (Å²) >= 11 is 0. The van der Waals surface area contributed by atoms with Crippen molar-refractivity contribution in [1.82, 2.24) is 4.90 Å². The van der Waals surface area contributed by atoms with Gasteiger partial charge in [-0.05, 0) is 18.1 Å². The van der Waals surface area contributed by atoms with Gasteiger partial charge in [0.2, 0.25) is 5.91 Å². The lowest BCUT2D eigenvalue weighted by Crippen LogP contribution is -2.48. The number of nitrogens with zero attached hydrogens (tertiary/aromatic N) is 1. The van der Waals surface area contributed by atoms with Gasteiger partial charge in [-0.25, -0.2) is 8.42 Å². The quantitative estimate of drug-likeness (QED) is 0.756. The molecule has 0 aliphatic carbocycles. The predicted molar refractivity (Wildman–Crippen MR) is 74.4 cm³/mol. The van der Waals surface area contributed by atoms with Crippen LogP contribution in [0.1, 0.15) is 5.56 Å². The molecule has 1 saturated heterocycles. The topological polar surface area (TPSA) is 63.7 Å². The van der Waals surface area contributed by atoms with E-state index in [0.717, 1.165) is 11.3 Å². The molecule has 1 unspecified atom stereocenters. The molecule has 0 saturated carbocycles. The first-order chi connectivity index (χ1) is 9.55. The summed E-state index contributed by atoms with van der Waals surface area (Å²) in [6, 6.07) is 7.72. The summed E-state index contributed by atoms with van der Waals surface area (Å²) in [6.45, 7) is 0.984. The van der Waals surface area contributed by atoms with Crippen LogP contribution in [0.25, 0.3) is 0 Å². The highest BCUT2D eigenvalue weighted by molar-refractivity contribution is 7.91. The zero-order valence-corrected chi connectivity index (χ0v) is 11.9. The number of ether oxygens (including phenoxy) is 1. The fourth-order valence-corrected chi connectivity index (χ4v) is 3.88. The van der Waals surface area contributed by atoms with E-state index < -0.39 is 9.84 Å². The number of para-hydroxylation sites is 1. The van der Waals surface area contributed by atoms with Crippen molar-refractivity contribution >= 4 is 15.7 Å². The Kier molecular flexibility index (Phi) is 3.41. The second-order valence-electron chi connectivity index (χ2n) is 5.30. The number of rotatable bonds is 1. The van der Waals surface area contributed by atoms with Crippen molar-refractivity contribution in [3.8, 4) is 5.75 Å². The van der Waals surface area contributed by atoms with Gasteiger partial charge < -0.3 is 9.64 Å². The summed E-state index contributed by atoms with van der Waals surface area (Å²) < 4.78 is 28.4. The molecule has 6 heteroatoms. The third kappa shape index (κ3) is 2.65. The molecule has 0 bridgehead atoms. The van der Waals surface area contributed by atoms with Gasteiger partial charge in [0.1, 0.15) is 12.4 Å². The molecule has 0 radical (unpaired) electrons. The molecule has 1 aromatic rings. The maximum atomic E-state index is 12.4. The van der Waals surface area contributed by atoms with Crippen LogP contribution in [0.2, 0.25) is 0 Å². The lowest BCUT2D eigenvalue weighted by atomic mass is 9.95. The van der Waals surface area contributed by atoms with Gasteiger partial charge in [-0.1, -0.05) is 18.2 Å². The molecule has 20 heavy (non-hydrogen) atoms. The summed E-state index contributed by atoms with van der Waals surface area (Å²) in [5.74, 6) is 0.795. The van der Waals surface area contributed by atoms with Crippen molar-refractivity contribution in [2.45, 2.75) is 6.42 Å². The number of benzene rings is 1. The van der Waals surface area contributed by atoms with Crippen LogP contribution < -0.4 is 4.74 Å². The second kappa shape index (κ2) is 5.09. The average molecular weight is 295 g/mol. The van der Waals surface area contributed by atoms with Gasteiger partial charge in [-0.15, -0.1) is 0 Å². The Morgan fingerprint density at radius 1 is 1.20 bits per heavy atom. The Morgan fingerprint density at radius 3 is 2.65 bits per heavy atom. The number of amides is 1. The Hall–Kier alpha value is -1.56. The highest BCUT2D eigenvalue weighted by atomic mass is 32.2. The molecule has 2 aliphatic rings. The normalized spacial score (nSPS) is 24.6. The minimum absolute atomic E-state index is 0.00871. The molecule has 3 rings (SSSR count). The number of sulfone groups is 1. The first-order valence-corrected chi connectivity index (χ1v) is 8.57. The lowest BCUT2D eigenvalue weighted by Gasteiger charge is -2.32. The van der Waals surface area contributed by atoms with Crippen LogP contribution in [0.15, 0.2) is 24.3 Å². The van der Waals surface area contributed by atoms with Crippen molar-refractivity contribution in [1.29, 1.82) is 0 Å². The second-order valence-corrected chi connectivity index (χ2v) is 7.60. The van der Waals surface area contributed by atoms with Crippen LogP contribution in [0.4, 0.5) is 0 Å². The van der Waals surface area contributed by atoms with Crippen molar-refractivity contribution in [3.05, 3.63) is 29.8 Å². The molecule has 0 aromatic heterocycles. The fraction of sp³-hybridized carbons (Fsp3) is 0.500. The van der Waals surface area contributed by atoms with E-state index in [-0.39, 0.29) is 23.3 Å². The van der Waals surface area contributed by atoms with E-state index in [0.29, 0.717) is 26.1 Å². The van der Waals surface area contributed by atoms with Gasteiger partial charge in [-0.3, -0.25) is 4.79 Å². The van der Waals surface area contributed by atoms with E-state index in [1.807, 2.05) is 24.3 Å². The van der Waals surface area contributed by atoms with Crippen molar-refractivity contribution in [2.75, 3.05) is 31.2 Å². The van der Waals surface area contributed by atoms with Crippen LogP contribution in [0.5, 0.6) is 5.75 Å². The van der Waals surface area contributed by atoms with Crippen LogP contribution in [-0.2, 0) is 21.1 Å². The molecule has 1 aromatic carbocycles. The van der Waals surface area contributed by atoms with Gasteiger partial charge >= 0.3 is 0 Å². The van der Waals surface area contributed by atoms with E-state index in [9.17, 15) is 13.2 Å². The maximum Gasteiger partial charge on any atom is 0.229 e. The van der Waals surface area contributed by atoms with Crippen LogP contribution in [0, 0.1) is 5.92 Å². The van der Waals surface area contributed by atoms with Crippen LogP contribution >= 0.6 is 0 Å². The van der Waals surface area contributed by atoms with Gasteiger partial charge in [0, 0.05) is 13.1 Å². The maximum absolute atomic E-state index is 12.4. The van der Waals surface area contributed by atoms with Crippen molar-refractivity contribution < 1.29 is 17.9 Å². The summed E-state index contributed by atoms with van der Waals surface area (Å²) in [6.07, 6.45) is 0.665. The lowest BCUT2D eigenvalue weighted by molar-refractivity contribution is -0.136. The van der Waals surface area contributed by atoms with E-state index in [2.05, 4.69) is 0 Å². The number of fused-ring (bicyclic) bond motifs is 1. The molecule has 108 valence electrons. The number of hydrogen-bond acceptors (Lipinski definition) is 4. The minimum Gasteiger partial charge on any atom is -0.492 e. The number of carbonyl (C=O) groups is 1. The molecule has 1 atom stereocenters. The Labute approximate surface area is 118 Å². The fourth-order valence-electron chi connectivity index (χ4n) is 2.68. The molecule has 1 amide bonds. The molecule has 0 spiro atoms. The summed E-state index contributed by atoms with van der Waals surface area (Å²) in [4.78, 5) is 14.1. The van der Waals surface area contributed by atoms with Gasteiger partial charge in [-0.2, -0.15) is 0 Å². The number of hydrogen-bond donors (Lipinski definition) is 0. The average Bonchev–Trinajstić information content (AvgIpc) is 2.46. The molecular formula is C14H17NO4S. The van der Waals surface area contributed by atoms with E-state index in [1.54, 1.807) is 4.90 Å². The monoisotopic (exact) mass is 295 g/mol. The first-order valence-electron chi connectivity index (χ1n) is 6.75. The molecule has 1 fully saturated rings. The standard InChI is InChI=1S/C14H17NO4S/c16-14(15-5-7-20(17,18)8-6-15)12-9-11-3-1-2-4-13(11)19-10-12/h1-4,12H,5-10H2. The molecule has 2 aliphatic heterocycles. The summed E-state index contributed by atoms with van der Waals surface area (Å²) in [5.41, 5.74) is 1.04. The molecule has 0 N–H and O–H groups in total. The van der Waals surface area contributed by atoms with E-state index in [4.69, 9.17) is 4.74 Å². The van der Waals surface area contributed by atoms with Crippen molar-refractivity contribution in [3.63, 3.8) is 0 Å². The first kappa shape index (κ1) is 13.4. The SMILES string of the molecule is O=C(C1COc2ccccc2C1)N1CCS(=O)(=O)CC1. The summed E-state index contributed by atoms with van der Waals surface area (Å²) in [5, 5.41) is 0. The third-order valence-electron chi connectivity index (χ3n) is 3.88. The Balaban J connectivity index is 1.68. The van der Waals surface area contributed by atoms with Crippen LogP contribution in [0.3, 0.4) is 0 Å². The number of carbonyl (C=O) groups excluding carboxylic acids is 1. The van der Waals surface area contributed by atoms with E-state index >= 15 is 0 Å². The summed E-state index contributed by atoms with van der Waals surface area (Å²) in [7, 11) is -2.95. The highest BCUT2D eigenvalue weighted by Crippen LogP contribution is 2.27. The zero-order valence-electron chi connectivity index (χ0n) is 11.1. The van der Waals surface area contributed by atoms with Crippen molar-refractivity contribution in [2.24, 2.45) is 5.92 Å². The zero-order chi connectivity index (χ0) is 14.2. The van der Waals surface area contributed by atoms with Gasteiger partial charge in [0.05, 0.1) is 17.4 Å². The van der Waals surface area contributed by atoms with Crippen LogP contribution in [-0.4, -0.2) is 50.4 Å². The Morgan fingerprint density at radius 2 is 1.90 bits per heavy atom. The highest BCUT2D eigenvalue weighted by Gasteiger charge is 2.32. The minimum atomic E-state index is -2.95. The largest absolute Gasteiger partial charge is 0.492 e. The molecule has 5 nitrogen and oxygen atoms in total. The Bertz CT molecular complexity index is 612. The van der Waals surface area contributed by atoms with Gasteiger partial charge in [0.25, 0.3) is 0 Å². The van der Waals surface area contributed by atoms with E-state index in [1.165, 1.54) is 0 Å². The third-order valence-corrected chi connectivity index (χ3v) is 5.49. The molecule has 2 heterocycles. The predicted octanol–water partition coefficient (Wildman–Crippen LogP) is 0.495.